The molecular formula is C31H40ClN3O3. The van der Waals surface area contributed by atoms with Gasteiger partial charge in [-0.1, -0.05) is 45.4 Å². The second-order valence-electron chi connectivity index (χ2n) is 10.6. The molecule has 0 saturated carbocycles. The van der Waals surface area contributed by atoms with E-state index in [-0.39, 0.29) is 17.6 Å². The fourth-order valence-corrected chi connectivity index (χ4v) is 4.50. The molecule has 3 heterocycles. The smallest absolute Gasteiger partial charge is 0.170 e. The number of H-pyrrole nitrogens is 1. The molecule has 7 heteroatoms. The average Bonchev–Trinajstić information content (AvgIpc) is 3.37. The minimum Gasteiger partial charge on any atom is -0.493 e. The number of carbonyl (C=O) groups excluding carboxylic acids is 1. The molecule has 204 valence electrons. The number of ether oxygens (including phenoxy) is 1. The zero-order chi connectivity index (χ0) is 28.0. The molecular weight excluding hydrogens is 498 g/mol. The number of aliphatic hydroxyl groups is 1. The highest BCUT2D eigenvalue weighted by Gasteiger charge is 2.30. The number of pyridine rings is 1. The summed E-state index contributed by atoms with van der Waals surface area (Å²) in [6.07, 6.45) is 7.83. The number of nitrogens with one attached hydrogen (secondary N) is 1. The van der Waals surface area contributed by atoms with Crippen LogP contribution in [0.2, 0.25) is 5.02 Å². The number of carbonyl (C=O) groups is 1. The molecule has 0 amide bonds. The lowest BCUT2D eigenvalue weighted by molar-refractivity contribution is -0.118. The Labute approximate surface area is 231 Å². The van der Waals surface area contributed by atoms with E-state index < -0.39 is 5.60 Å². The maximum absolute atomic E-state index is 13.6. The number of aromatic amines is 1. The first-order valence-corrected chi connectivity index (χ1v) is 13.7. The molecule has 0 bridgehead atoms. The van der Waals surface area contributed by atoms with E-state index in [9.17, 15) is 4.79 Å². The number of rotatable bonds is 7. The molecule has 1 unspecified atom stereocenters. The molecule has 4 rings (SSSR count). The first kappa shape index (κ1) is 29.6. The molecule has 3 aromatic rings. The van der Waals surface area contributed by atoms with Crippen molar-refractivity contribution in [1.29, 1.82) is 0 Å². The summed E-state index contributed by atoms with van der Waals surface area (Å²) in [7, 11) is 0. The molecule has 0 aliphatic carbocycles. The minimum atomic E-state index is -0.458. The maximum Gasteiger partial charge on any atom is 0.170 e. The summed E-state index contributed by atoms with van der Waals surface area (Å²) < 4.78 is 5.88. The van der Waals surface area contributed by atoms with E-state index in [1.807, 2.05) is 50.5 Å². The molecule has 6 nitrogen and oxygen atoms in total. The Bertz CT molecular complexity index is 1290. The molecule has 2 aromatic heterocycles. The van der Waals surface area contributed by atoms with E-state index in [0.717, 1.165) is 52.2 Å². The number of Topliss-reactive ketones (excluding diaryl/α,β-unsaturated/α-hetero) is 1. The van der Waals surface area contributed by atoms with E-state index in [0.29, 0.717) is 23.6 Å². The number of halogens is 1. The summed E-state index contributed by atoms with van der Waals surface area (Å²) in [5.74, 6) is 0.856. The van der Waals surface area contributed by atoms with Crippen molar-refractivity contribution in [3.05, 3.63) is 70.1 Å². The van der Waals surface area contributed by atoms with E-state index in [1.165, 1.54) is 0 Å². The summed E-state index contributed by atoms with van der Waals surface area (Å²) in [5, 5.41) is 16.7. The maximum atomic E-state index is 13.6. The van der Waals surface area contributed by atoms with E-state index >= 15 is 0 Å². The van der Waals surface area contributed by atoms with Gasteiger partial charge in [-0.3, -0.25) is 14.9 Å². The molecule has 1 atom stereocenters. The number of aromatic nitrogens is 3. The normalized spacial score (nSPS) is 15.4. The topological polar surface area (TPSA) is 88.1 Å². The van der Waals surface area contributed by atoms with Crippen LogP contribution in [0, 0.1) is 5.92 Å². The Kier molecular flexibility index (Phi) is 9.91. The van der Waals surface area contributed by atoms with Crippen LogP contribution in [-0.4, -0.2) is 38.3 Å². The van der Waals surface area contributed by atoms with Gasteiger partial charge in [0.05, 0.1) is 30.0 Å². The predicted molar refractivity (Wildman–Crippen MR) is 155 cm³/mol. The Morgan fingerprint density at radius 1 is 1.26 bits per heavy atom. The first-order valence-electron chi connectivity index (χ1n) is 13.4. The molecule has 2 N–H and O–H groups in total. The summed E-state index contributed by atoms with van der Waals surface area (Å²) in [5.41, 5.74) is 6.12. The number of allylic oxidation sites excluding steroid dienone is 2. The van der Waals surface area contributed by atoms with Gasteiger partial charge in [-0.2, -0.15) is 5.10 Å². The van der Waals surface area contributed by atoms with Crippen LogP contribution in [0.25, 0.3) is 16.8 Å². The summed E-state index contributed by atoms with van der Waals surface area (Å²) in [4.78, 5) is 18.3. The number of aryl methyl sites for hydroxylation is 1. The van der Waals surface area contributed by atoms with Crippen molar-refractivity contribution in [2.75, 3.05) is 6.61 Å². The SMILES string of the molecule is C/C=C(/C(=O)C1COc2ccc(Cl)cc2C1)c1cnc(-c2cn[nH]c2CC)cc1C(C)C.CCC(C)(C)O. The van der Waals surface area contributed by atoms with Gasteiger partial charge in [0.15, 0.2) is 5.78 Å². The lowest BCUT2D eigenvalue weighted by Gasteiger charge is -2.26. The quantitative estimate of drug-likeness (QED) is 0.311. The van der Waals surface area contributed by atoms with Gasteiger partial charge in [0.25, 0.3) is 0 Å². The van der Waals surface area contributed by atoms with Crippen LogP contribution >= 0.6 is 11.6 Å². The Hall–Kier alpha value is -2.96. The predicted octanol–water partition coefficient (Wildman–Crippen LogP) is 7.20. The lowest BCUT2D eigenvalue weighted by atomic mass is 9.84. The Balaban J connectivity index is 0.000000599. The number of nitrogens with zero attached hydrogens (tertiary/aromatic N) is 2. The lowest BCUT2D eigenvalue weighted by Crippen LogP contribution is -2.29. The van der Waals surface area contributed by atoms with Crippen molar-refractivity contribution in [2.45, 2.75) is 79.2 Å². The molecule has 0 fully saturated rings. The van der Waals surface area contributed by atoms with Gasteiger partial charge in [0.1, 0.15) is 5.75 Å². The number of benzene rings is 1. The zero-order valence-corrected chi connectivity index (χ0v) is 24.3. The summed E-state index contributed by atoms with van der Waals surface area (Å²) in [6.45, 7) is 14.2. The first-order chi connectivity index (χ1) is 18.0. The van der Waals surface area contributed by atoms with E-state index in [4.69, 9.17) is 26.4 Å². The molecule has 1 aliphatic heterocycles. The zero-order valence-electron chi connectivity index (χ0n) is 23.6. The van der Waals surface area contributed by atoms with Crippen molar-refractivity contribution in [3.63, 3.8) is 0 Å². The Morgan fingerprint density at radius 2 is 1.97 bits per heavy atom. The van der Waals surface area contributed by atoms with Gasteiger partial charge >= 0.3 is 0 Å². The molecule has 0 spiro atoms. The van der Waals surface area contributed by atoms with Crippen LogP contribution in [0.1, 0.15) is 83.2 Å². The standard InChI is InChI=1S/C26H28ClN3O2.C5H12O/c1-5-19(26(31)17-9-16-10-18(27)7-8-25(16)32-14-17)21-12-28-24(11-20(21)15(3)4)22-13-29-30-23(22)6-2;1-4-5(2,3)6/h5,7-8,10-13,15,17H,6,9,14H2,1-4H3,(H,29,30);6H,4H2,1-3H3/b19-5+;. The van der Waals surface area contributed by atoms with E-state index in [1.54, 1.807) is 13.8 Å². The highest BCUT2D eigenvalue weighted by Crippen LogP contribution is 2.35. The minimum absolute atomic E-state index is 0.0760. The van der Waals surface area contributed by atoms with Crippen LogP contribution in [-0.2, 0) is 17.6 Å². The summed E-state index contributed by atoms with van der Waals surface area (Å²) >= 11 is 6.16. The van der Waals surface area contributed by atoms with Gasteiger partial charge in [0.2, 0.25) is 0 Å². The molecule has 1 aromatic carbocycles. The molecule has 0 radical (unpaired) electrons. The van der Waals surface area contributed by atoms with Crippen molar-refractivity contribution in [1.82, 2.24) is 15.2 Å². The highest BCUT2D eigenvalue weighted by atomic mass is 35.5. The average molecular weight is 538 g/mol. The molecule has 38 heavy (non-hydrogen) atoms. The number of ketones is 1. The van der Waals surface area contributed by atoms with Gasteiger partial charge in [-0.05, 0) is 81.3 Å². The van der Waals surface area contributed by atoms with Crippen LogP contribution in [0.5, 0.6) is 5.75 Å². The van der Waals surface area contributed by atoms with Gasteiger partial charge in [0, 0.05) is 33.6 Å². The number of hydrogen-bond donors (Lipinski definition) is 2. The van der Waals surface area contributed by atoms with E-state index in [2.05, 4.69) is 37.0 Å². The third kappa shape index (κ3) is 7.12. The third-order valence-electron chi connectivity index (χ3n) is 6.91. The Morgan fingerprint density at radius 3 is 2.58 bits per heavy atom. The second-order valence-corrected chi connectivity index (χ2v) is 11.1. The monoisotopic (exact) mass is 537 g/mol. The molecule has 1 aliphatic rings. The van der Waals surface area contributed by atoms with Crippen molar-refractivity contribution in [3.8, 4) is 17.0 Å². The van der Waals surface area contributed by atoms with Crippen molar-refractivity contribution >= 4 is 23.0 Å². The highest BCUT2D eigenvalue weighted by molar-refractivity contribution is 6.30. The van der Waals surface area contributed by atoms with Crippen molar-refractivity contribution in [2.24, 2.45) is 5.92 Å². The van der Waals surface area contributed by atoms with Gasteiger partial charge < -0.3 is 9.84 Å². The third-order valence-corrected chi connectivity index (χ3v) is 7.15. The van der Waals surface area contributed by atoms with Crippen LogP contribution in [0.4, 0.5) is 0 Å². The second kappa shape index (κ2) is 12.7. The van der Waals surface area contributed by atoms with Crippen LogP contribution in [0.15, 0.2) is 42.7 Å². The summed E-state index contributed by atoms with van der Waals surface area (Å²) in [6, 6.07) is 7.66. The fourth-order valence-electron chi connectivity index (χ4n) is 4.31. The number of hydrogen-bond acceptors (Lipinski definition) is 5. The molecule has 0 saturated heterocycles. The van der Waals surface area contributed by atoms with Crippen LogP contribution in [0.3, 0.4) is 0 Å². The largest absolute Gasteiger partial charge is 0.493 e. The van der Waals surface area contributed by atoms with Crippen molar-refractivity contribution < 1.29 is 14.6 Å². The fraction of sp³-hybridized carbons (Fsp3) is 0.452. The van der Waals surface area contributed by atoms with Gasteiger partial charge in [-0.25, -0.2) is 0 Å². The van der Waals surface area contributed by atoms with Gasteiger partial charge in [-0.15, -0.1) is 0 Å². The number of fused-ring (bicyclic) bond motifs is 1. The van der Waals surface area contributed by atoms with Crippen LogP contribution < -0.4 is 4.74 Å².